The van der Waals surface area contributed by atoms with Gasteiger partial charge in [0, 0.05) is 61.5 Å². The molecular weight excluding hydrogens is 542 g/mol. The summed E-state index contributed by atoms with van der Waals surface area (Å²) >= 11 is 6.03. The molecular formula is C27H30ClN5O5S. The number of sulfonamides is 1. The second kappa shape index (κ2) is 10.5. The average molecular weight is 572 g/mol. The van der Waals surface area contributed by atoms with Crippen LogP contribution in [-0.2, 0) is 30.8 Å². The number of piperidine rings is 1. The molecule has 0 atom stereocenters. The van der Waals surface area contributed by atoms with Crippen molar-refractivity contribution in [2.75, 3.05) is 45.9 Å². The van der Waals surface area contributed by atoms with Crippen LogP contribution in [0.25, 0.3) is 10.9 Å². The fourth-order valence-electron chi connectivity index (χ4n) is 5.23. The summed E-state index contributed by atoms with van der Waals surface area (Å²) in [6.45, 7) is 3.66. The van der Waals surface area contributed by atoms with Gasteiger partial charge in [0.1, 0.15) is 5.03 Å². The normalized spacial score (nSPS) is 20.6. The number of hydrogen-bond donors (Lipinski definition) is 1. The Kier molecular flexibility index (Phi) is 7.11. The third kappa shape index (κ3) is 5.55. The van der Waals surface area contributed by atoms with Crippen molar-refractivity contribution in [3.63, 3.8) is 0 Å². The molecule has 1 aromatic heterocycles. The molecule has 0 aliphatic carbocycles. The first-order valence-corrected chi connectivity index (χ1v) is 14.8. The van der Waals surface area contributed by atoms with Crippen molar-refractivity contribution in [2.24, 2.45) is 5.10 Å². The molecule has 3 saturated heterocycles. The van der Waals surface area contributed by atoms with Gasteiger partial charge in [0.15, 0.2) is 5.79 Å². The lowest BCUT2D eigenvalue weighted by Crippen LogP contribution is -2.51. The van der Waals surface area contributed by atoms with Gasteiger partial charge in [-0.05, 0) is 35.4 Å². The predicted octanol–water partition coefficient (Wildman–Crippen LogP) is 3.03. The largest absolute Gasteiger partial charge is 0.347 e. The Morgan fingerprint density at radius 2 is 1.74 bits per heavy atom. The van der Waals surface area contributed by atoms with Crippen LogP contribution in [0, 0.1) is 0 Å². The number of aromatic nitrogens is 1. The number of fused-ring (bicyclic) bond motifs is 1. The first-order chi connectivity index (χ1) is 18.8. The number of hydrazone groups is 1. The van der Waals surface area contributed by atoms with E-state index in [0.29, 0.717) is 42.2 Å². The number of H-pyrrole nitrogens is 1. The number of carbonyl (C=O) groups is 1. The van der Waals surface area contributed by atoms with E-state index in [2.05, 4.69) is 10.1 Å². The molecule has 0 radical (unpaired) electrons. The van der Waals surface area contributed by atoms with Crippen molar-refractivity contribution < 1.29 is 22.7 Å². The summed E-state index contributed by atoms with van der Waals surface area (Å²) in [6.07, 6.45) is 3.45. The number of ether oxygens (including phenoxy) is 2. The van der Waals surface area contributed by atoms with Crippen molar-refractivity contribution >= 4 is 44.6 Å². The lowest BCUT2D eigenvalue weighted by Gasteiger charge is -2.36. The van der Waals surface area contributed by atoms with Crippen molar-refractivity contribution in [2.45, 2.75) is 30.2 Å². The standard InChI is InChI=1S/C27H30ClN5O5S/c28-23-5-6-24-22(15-23)16-25(30-24)39(35,36)33-12-11-31(26(34)19-33)18-21-3-1-20(2-4-21)17-29-32-9-7-27(8-10-32)37-13-14-38-27/h1-6,15-17,30H,7-14,18-19H2. The highest BCUT2D eigenvalue weighted by Gasteiger charge is 2.39. The molecule has 2 aromatic carbocycles. The fraction of sp³-hybridized carbons (Fsp3) is 0.407. The number of nitrogens with one attached hydrogen (secondary N) is 1. The molecule has 10 nitrogen and oxygen atoms in total. The number of rotatable bonds is 6. The Hall–Kier alpha value is -2.96. The highest BCUT2D eigenvalue weighted by Crippen LogP contribution is 2.31. The molecule has 206 valence electrons. The molecule has 3 aromatic rings. The second-order valence-corrected chi connectivity index (χ2v) is 12.4. The van der Waals surface area contributed by atoms with E-state index in [0.717, 1.165) is 37.1 Å². The zero-order valence-corrected chi connectivity index (χ0v) is 23.0. The number of carbonyl (C=O) groups excluding carboxylic acids is 1. The van der Waals surface area contributed by atoms with E-state index >= 15 is 0 Å². The molecule has 12 heteroatoms. The third-order valence-electron chi connectivity index (χ3n) is 7.50. The summed E-state index contributed by atoms with van der Waals surface area (Å²) < 4.78 is 39.1. The lowest BCUT2D eigenvalue weighted by atomic mass is 10.1. The number of aromatic amines is 1. The van der Waals surface area contributed by atoms with E-state index in [9.17, 15) is 13.2 Å². The predicted molar refractivity (Wildman–Crippen MR) is 147 cm³/mol. The van der Waals surface area contributed by atoms with Crippen LogP contribution in [0.2, 0.25) is 5.02 Å². The second-order valence-electron chi connectivity index (χ2n) is 10.1. The molecule has 3 fully saturated rings. The molecule has 0 bridgehead atoms. The molecule has 39 heavy (non-hydrogen) atoms. The maximum atomic E-state index is 13.2. The number of nitrogens with zero attached hydrogens (tertiary/aromatic N) is 4. The van der Waals surface area contributed by atoms with Crippen molar-refractivity contribution in [1.29, 1.82) is 0 Å². The van der Waals surface area contributed by atoms with Crippen LogP contribution >= 0.6 is 11.6 Å². The highest BCUT2D eigenvalue weighted by atomic mass is 35.5. The molecule has 0 saturated carbocycles. The van der Waals surface area contributed by atoms with Gasteiger partial charge in [0.25, 0.3) is 10.0 Å². The molecule has 1 spiro atoms. The monoisotopic (exact) mass is 571 g/mol. The van der Waals surface area contributed by atoms with E-state index in [-0.39, 0.29) is 24.0 Å². The van der Waals surface area contributed by atoms with Gasteiger partial charge in [-0.2, -0.15) is 9.41 Å². The Morgan fingerprint density at radius 1 is 1.00 bits per heavy atom. The van der Waals surface area contributed by atoms with Crippen LogP contribution in [-0.4, -0.2) is 91.5 Å². The van der Waals surface area contributed by atoms with Gasteiger partial charge in [0.2, 0.25) is 5.91 Å². The summed E-state index contributed by atoms with van der Waals surface area (Å²) in [5.41, 5.74) is 2.61. The van der Waals surface area contributed by atoms with Crippen molar-refractivity contribution in [1.82, 2.24) is 19.2 Å². The van der Waals surface area contributed by atoms with E-state index in [1.165, 1.54) is 4.31 Å². The number of halogens is 1. The molecule has 6 rings (SSSR count). The van der Waals surface area contributed by atoms with Crippen LogP contribution < -0.4 is 0 Å². The van der Waals surface area contributed by atoms with Gasteiger partial charge < -0.3 is 19.4 Å². The topological polar surface area (TPSA) is 108 Å². The SMILES string of the molecule is O=C1CN(S(=O)(=O)c2cc3cc(Cl)ccc3[nH]2)CCN1Cc1ccc(C=NN2CCC3(CC2)OCCO3)cc1. The molecule has 1 N–H and O–H groups in total. The smallest absolute Gasteiger partial charge is 0.259 e. The van der Waals surface area contributed by atoms with E-state index < -0.39 is 15.8 Å². The zero-order valence-electron chi connectivity index (χ0n) is 21.4. The van der Waals surface area contributed by atoms with Crippen LogP contribution in [0.1, 0.15) is 24.0 Å². The molecule has 0 unspecified atom stereocenters. The molecule has 4 heterocycles. The number of hydrogen-bond acceptors (Lipinski definition) is 7. The summed E-state index contributed by atoms with van der Waals surface area (Å²) in [4.78, 5) is 17.5. The molecule has 1 amide bonds. The minimum Gasteiger partial charge on any atom is -0.347 e. The van der Waals surface area contributed by atoms with Crippen LogP contribution in [0.3, 0.4) is 0 Å². The minimum absolute atomic E-state index is 0.0579. The summed E-state index contributed by atoms with van der Waals surface area (Å²) in [6, 6.07) is 14.6. The summed E-state index contributed by atoms with van der Waals surface area (Å²) in [5, 5.41) is 7.92. The van der Waals surface area contributed by atoms with Crippen molar-refractivity contribution in [3.05, 3.63) is 64.7 Å². The van der Waals surface area contributed by atoms with Crippen LogP contribution in [0.5, 0.6) is 0 Å². The average Bonchev–Trinajstić information content (AvgIpc) is 3.58. The lowest BCUT2D eigenvalue weighted by molar-refractivity contribution is -0.185. The van der Waals surface area contributed by atoms with Gasteiger partial charge in [-0.25, -0.2) is 8.42 Å². The number of benzene rings is 2. The minimum atomic E-state index is -3.84. The maximum Gasteiger partial charge on any atom is 0.259 e. The first-order valence-electron chi connectivity index (χ1n) is 13.0. The Balaban J connectivity index is 1.03. The van der Waals surface area contributed by atoms with Gasteiger partial charge in [-0.1, -0.05) is 35.9 Å². The first kappa shape index (κ1) is 26.3. The van der Waals surface area contributed by atoms with E-state index in [1.807, 2.05) is 35.5 Å². The van der Waals surface area contributed by atoms with E-state index in [4.69, 9.17) is 21.1 Å². The third-order valence-corrected chi connectivity index (χ3v) is 9.50. The maximum absolute atomic E-state index is 13.2. The van der Waals surface area contributed by atoms with Gasteiger partial charge in [-0.3, -0.25) is 9.80 Å². The van der Waals surface area contributed by atoms with Crippen LogP contribution in [0.4, 0.5) is 0 Å². The van der Waals surface area contributed by atoms with Crippen LogP contribution in [0.15, 0.2) is 58.7 Å². The van der Waals surface area contributed by atoms with E-state index in [1.54, 1.807) is 29.2 Å². The number of amides is 1. The zero-order chi connectivity index (χ0) is 27.0. The quantitative estimate of drug-likeness (QED) is 0.456. The molecule has 3 aliphatic heterocycles. The molecule has 3 aliphatic rings. The summed E-state index contributed by atoms with van der Waals surface area (Å²) in [7, 11) is -3.84. The van der Waals surface area contributed by atoms with Gasteiger partial charge >= 0.3 is 0 Å². The Morgan fingerprint density at radius 3 is 2.46 bits per heavy atom. The highest BCUT2D eigenvalue weighted by molar-refractivity contribution is 7.89. The Labute approximate surface area is 232 Å². The number of piperazine rings is 1. The fourth-order valence-corrected chi connectivity index (χ4v) is 6.80. The Bertz CT molecular complexity index is 1490. The van der Waals surface area contributed by atoms with Gasteiger partial charge in [-0.15, -0.1) is 0 Å². The summed E-state index contributed by atoms with van der Waals surface area (Å²) in [5.74, 6) is -0.640. The van der Waals surface area contributed by atoms with Crippen molar-refractivity contribution in [3.8, 4) is 0 Å². The van der Waals surface area contributed by atoms with Gasteiger partial charge in [0.05, 0.1) is 26.0 Å².